The molecule has 0 saturated heterocycles. The van der Waals surface area contributed by atoms with Crippen molar-refractivity contribution in [3.8, 4) is 5.75 Å². The van der Waals surface area contributed by atoms with Crippen molar-refractivity contribution in [2.45, 2.75) is 39.2 Å². The van der Waals surface area contributed by atoms with Crippen LogP contribution >= 0.6 is 0 Å². The topological polar surface area (TPSA) is 64.6 Å². The Bertz CT molecular complexity index is 644. The van der Waals surface area contributed by atoms with Crippen LogP contribution in [0.1, 0.15) is 33.6 Å². The van der Waals surface area contributed by atoms with E-state index in [9.17, 15) is 31.5 Å². The normalized spacial score (nSPS) is 11.2. The average Bonchev–Trinajstić information content (AvgIpc) is 2.50. The van der Waals surface area contributed by atoms with Gasteiger partial charge >= 0.3 is 12.1 Å². The van der Waals surface area contributed by atoms with Crippen molar-refractivity contribution in [2.75, 3.05) is 6.54 Å². The molecule has 1 amide bonds. The highest BCUT2D eigenvalue weighted by Crippen LogP contribution is 2.29. The van der Waals surface area contributed by atoms with Crippen molar-refractivity contribution < 1.29 is 41.0 Å². The average molecular weight is 369 g/mol. The molecule has 0 fully saturated rings. The standard InChI is InChI=1S/C15H16F5NO4/c1-15(2,3)25-14(23)21-6-4-5-7(22)24-13-11(19)9(17)8(16)10(18)12(13)20/h4-6H2,1-3H3,(H,21,23). The number of carbonyl (C=O) groups excluding carboxylic acids is 2. The lowest BCUT2D eigenvalue weighted by atomic mass is 10.2. The van der Waals surface area contributed by atoms with Gasteiger partial charge in [-0.1, -0.05) is 0 Å². The lowest BCUT2D eigenvalue weighted by molar-refractivity contribution is -0.135. The molecule has 1 aromatic rings. The van der Waals surface area contributed by atoms with Crippen LogP contribution in [0.3, 0.4) is 0 Å². The molecule has 0 heterocycles. The summed E-state index contributed by atoms with van der Waals surface area (Å²) < 4.78 is 74.6. The second kappa shape index (κ2) is 8.13. The van der Waals surface area contributed by atoms with E-state index in [0.29, 0.717) is 0 Å². The maximum atomic E-state index is 13.3. The summed E-state index contributed by atoms with van der Waals surface area (Å²) in [5.74, 6) is -14.2. The number of hydrogen-bond acceptors (Lipinski definition) is 4. The van der Waals surface area contributed by atoms with E-state index in [1.807, 2.05) is 0 Å². The Morgan fingerprint density at radius 2 is 1.40 bits per heavy atom. The van der Waals surface area contributed by atoms with Gasteiger partial charge in [0, 0.05) is 13.0 Å². The first-order valence-electron chi connectivity index (χ1n) is 7.13. The zero-order valence-corrected chi connectivity index (χ0v) is 13.6. The van der Waals surface area contributed by atoms with Crippen molar-refractivity contribution in [3.05, 3.63) is 29.1 Å². The highest BCUT2D eigenvalue weighted by atomic mass is 19.2. The van der Waals surface area contributed by atoms with Gasteiger partial charge in [-0.25, -0.2) is 18.0 Å². The second-order valence-electron chi connectivity index (χ2n) is 5.91. The molecule has 0 unspecified atom stereocenters. The minimum Gasteiger partial charge on any atom is -0.444 e. The van der Waals surface area contributed by atoms with Crippen LogP contribution in [0.5, 0.6) is 5.75 Å². The maximum Gasteiger partial charge on any atom is 0.407 e. The highest BCUT2D eigenvalue weighted by molar-refractivity contribution is 5.72. The van der Waals surface area contributed by atoms with E-state index >= 15 is 0 Å². The van der Waals surface area contributed by atoms with Crippen LogP contribution in [-0.4, -0.2) is 24.2 Å². The monoisotopic (exact) mass is 369 g/mol. The van der Waals surface area contributed by atoms with Gasteiger partial charge in [-0.05, 0) is 27.2 Å². The van der Waals surface area contributed by atoms with Gasteiger partial charge in [-0.15, -0.1) is 0 Å². The summed E-state index contributed by atoms with van der Waals surface area (Å²) in [6, 6.07) is 0. The molecule has 0 spiro atoms. The van der Waals surface area contributed by atoms with E-state index in [4.69, 9.17) is 4.74 Å². The molecule has 0 bridgehead atoms. The van der Waals surface area contributed by atoms with Crippen LogP contribution < -0.4 is 10.1 Å². The summed E-state index contributed by atoms with van der Waals surface area (Å²) >= 11 is 0. The Morgan fingerprint density at radius 3 is 1.88 bits per heavy atom. The third-order valence-corrected chi connectivity index (χ3v) is 2.61. The Morgan fingerprint density at radius 1 is 0.920 bits per heavy atom. The number of amides is 1. The summed E-state index contributed by atoms with van der Waals surface area (Å²) in [5.41, 5.74) is -0.713. The second-order valence-corrected chi connectivity index (χ2v) is 5.91. The molecule has 0 saturated carbocycles. The number of carbonyl (C=O) groups is 2. The number of rotatable bonds is 5. The molecule has 1 N–H and O–H groups in total. The molecule has 0 aliphatic heterocycles. The first-order valence-corrected chi connectivity index (χ1v) is 7.13. The van der Waals surface area contributed by atoms with Crippen LogP contribution in [0.15, 0.2) is 0 Å². The zero-order valence-electron chi connectivity index (χ0n) is 13.6. The van der Waals surface area contributed by atoms with E-state index < -0.39 is 58.9 Å². The largest absolute Gasteiger partial charge is 0.444 e. The predicted octanol–water partition coefficient (Wildman–Crippen LogP) is 3.59. The van der Waals surface area contributed by atoms with Crippen molar-refractivity contribution in [1.82, 2.24) is 5.32 Å². The minimum atomic E-state index is -2.35. The number of ether oxygens (including phenoxy) is 2. The van der Waals surface area contributed by atoms with Crippen molar-refractivity contribution in [1.29, 1.82) is 0 Å². The van der Waals surface area contributed by atoms with Crippen LogP contribution in [-0.2, 0) is 9.53 Å². The molecule has 0 atom stereocenters. The van der Waals surface area contributed by atoms with Crippen LogP contribution in [0.4, 0.5) is 26.7 Å². The Kier molecular flexibility index (Phi) is 6.71. The first kappa shape index (κ1) is 20.7. The van der Waals surface area contributed by atoms with Crippen molar-refractivity contribution >= 4 is 12.1 Å². The van der Waals surface area contributed by atoms with Gasteiger partial charge in [0.25, 0.3) is 0 Å². The molecule has 1 aromatic carbocycles. The van der Waals surface area contributed by atoms with E-state index in [0.717, 1.165) is 0 Å². The number of hydrogen-bond donors (Lipinski definition) is 1. The smallest absolute Gasteiger partial charge is 0.407 e. The van der Waals surface area contributed by atoms with Gasteiger partial charge in [0.1, 0.15) is 5.60 Å². The molecule has 0 aliphatic carbocycles. The van der Waals surface area contributed by atoms with Gasteiger partial charge in [0.15, 0.2) is 0 Å². The fraction of sp³-hybridized carbons (Fsp3) is 0.467. The van der Waals surface area contributed by atoms with E-state index in [1.54, 1.807) is 20.8 Å². The van der Waals surface area contributed by atoms with Gasteiger partial charge < -0.3 is 14.8 Å². The molecule has 0 radical (unpaired) electrons. The number of halogens is 5. The van der Waals surface area contributed by atoms with E-state index in [2.05, 4.69) is 10.1 Å². The quantitative estimate of drug-likeness (QED) is 0.215. The van der Waals surface area contributed by atoms with Crippen LogP contribution in [0, 0.1) is 29.1 Å². The molecule has 10 heteroatoms. The molecule has 5 nitrogen and oxygen atoms in total. The van der Waals surface area contributed by atoms with Crippen molar-refractivity contribution in [3.63, 3.8) is 0 Å². The van der Waals surface area contributed by atoms with Gasteiger partial charge in [-0.3, -0.25) is 4.79 Å². The minimum absolute atomic E-state index is 0.00647. The van der Waals surface area contributed by atoms with Gasteiger partial charge in [0.05, 0.1) is 0 Å². The summed E-state index contributed by atoms with van der Waals surface area (Å²) in [5, 5.41) is 2.32. The van der Waals surface area contributed by atoms with Gasteiger partial charge in [0.2, 0.25) is 34.8 Å². The van der Waals surface area contributed by atoms with Crippen LogP contribution in [0.25, 0.3) is 0 Å². The predicted molar refractivity (Wildman–Crippen MR) is 75.3 cm³/mol. The Labute approximate surface area is 140 Å². The highest BCUT2D eigenvalue weighted by Gasteiger charge is 2.28. The number of benzene rings is 1. The molecule has 25 heavy (non-hydrogen) atoms. The third kappa shape index (κ3) is 5.87. The Balaban J connectivity index is 2.55. The zero-order chi connectivity index (χ0) is 19.4. The van der Waals surface area contributed by atoms with Crippen LogP contribution in [0.2, 0.25) is 0 Å². The number of esters is 1. The summed E-state index contributed by atoms with van der Waals surface area (Å²) in [6.07, 6.45) is -1.18. The van der Waals surface area contributed by atoms with Gasteiger partial charge in [-0.2, -0.15) is 8.78 Å². The third-order valence-electron chi connectivity index (χ3n) is 2.61. The molecule has 0 aromatic heterocycles. The summed E-state index contributed by atoms with van der Waals surface area (Å²) in [7, 11) is 0. The number of alkyl carbamates (subject to hydrolysis) is 1. The van der Waals surface area contributed by atoms with E-state index in [1.165, 1.54) is 0 Å². The fourth-order valence-electron chi connectivity index (χ4n) is 1.58. The molecule has 1 rings (SSSR count). The summed E-state index contributed by atoms with van der Waals surface area (Å²) in [4.78, 5) is 22.8. The number of nitrogens with one attached hydrogen (secondary N) is 1. The molecule has 0 aliphatic rings. The first-order chi connectivity index (χ1) is 11.4. The fourth-order valence-corrected chi connectivity index (χ4v) is 1.58. The Hall–Kier alpha value is -2.39. The summed E-state index contributed by atoms with van der Waals surface area (Å²) in [6.45, 7) is 4.91. The molecule has 140 valence electrons. The SMILES string of the molecule is CC(C)(C)OC(=O)NCCCC(=O)Oc1c(F)c(F)c(F)c(F)c1F. The molecular weight excluding hydrogens is 353 g/mol. The maximum absolute atomic E-state index is 13.3. The van der Waals surface area contributed by atoms with E-state index in [-0.39, 0.29) is 13.0 Å². The lowest BCUT2D eigenvalue weighted by Gasteiger charge is -2.19. The van der Waals surface area contributed by atoms with Crippen molar-refractivity contribution in [2.24, 2.45) is 0 Å². The molecular formula is C15H16F5NO4. The lowest BCUT2D eigenvalue weighted by Crippen LogP contribution is -2.33.